The summed E-state index contributed by atoms with van der Waals surface area (Å²) >= 11 is 17.4. The molecule has 0 saturated carbocycles. The Morgan fingerprint density at radius 3 is 2.55 bits per heavy atom. The molecule has 1 aromatic heterocycles. The fourth-order valence-corrected chi connectivity index (χ4v) is 4.92. The normalized spacial score (nSPS) is 10.9. The van der Waals surface area contributed by atoms with Gasteiger partial charge in [0.25, 0.3) is 5.91 Å². The van der Waals surface area contributed by atoms with Gasteiger partial charge in [-0.25, -0.2) is 4.39 Å². The van der Waals surface area contributed by atoms with Crippen LogP contribution < -0.4 is 5.32 Å². The Balaban J connectivity index is 1.61. The molecule has 0 unspecified atom stereocenters. The molecule has 0 fully saturated rings. The third-order valence-electron chi connectivity index (χ3n) is 4.66. The van der Waals surface area contributed by atoms with E-state index in [1.807, 2.05) is 6.07 Å². The third-order valence-corrected chi connectivity index (χ3v) is 6.89. The van der Waals surface area contributed by atoms with Gasteiger partial charge < -0.3 is 5.32 Å². The Kier molecular flexibility index (Phi) is 7.70. The topological polar surface area (TPSA) is 59.8 Å². The number of halogens is 4. The zero-order valence-corrected chi connectivity index (χ0v) is 20.8. The molecule has 1 N–H and O–H groups in total. The van der Waals surface area contributed by atoms with Gasteiger partial charge in [0.15, 0.2) is 11.0 Å². The molecule has 0 radical (unpaired) electrons. The molecule has 0 bridgehead atoms. The molecule has 168 valence electrons. The highest BCUT2D eigenvalue weighted by atomic mass is 79.9. The van der Waals surface area contributed by atoms with Gasteiger partial charge in [-0.3, -0.25) is 9.36 Å². The van der Waals surface area contributed by atoms with Crippen LogP contribution in [0.15, 0.2) is 76.4 Å². The minimum Gasteiger partial charge on any atom is -0.345 e. The highest BCUT2D eigenvalue weighted by Crippen LogP contribution is 2.31. The standard InChI is InChI=1S/C23H16BrCl2FN4OS/c24-18-4-2-1-3-17(18)22(32)28-12-21-29-30-23(33-13-14-5-8-16(27)9-6-14)31(21)20-10-7-15(25)11-19(20)26/h1-11H,12-13H2,(H,28,32). The van der Waals surface area contributed by atoms with Gasteiger partial charge >= 0.3 is 0 Å². The summed E-state index contributed by atoms with van der Waals surface area (Å²) in [7, 11) is 0. The SMILES string of the molecule is O=C(NCc1nnc(SCc2ccc(F)cc2)n1-c1ccc(Cl)cc1Cl)c1ccccc1Br. The molecule has 0 saturated heterocycles. The largest absolute Gasteiger partial charge is 0.345 e. The van der Waals surface area contributed by atoms with Gasteiger partial charge in [-0.05, 0) is 64.0 Å². The van der Waals surface area contributed by atoms with Crippen LogP contribution in [-0.4, -0.2) is 20.7 Å². The first-order chi connectivity index (χ1) is 15.9. The average molecular weight is 566 g/mol. The highest BCUT2D eigenvalue weighted by molar-refractivity contribution is 9.10. The zero-order valence-electron chi connectivity index (χ0n) is 16.9. The smallest absolute Gasteiger partial charge is 0.252 e. The van der Waals surface area contributed by atoms with E-state index in [-0.39, 0.29) is 18.3 Å². The highest BCUT2D eigenvalue weighted by Gasteiger charge is 2.18. The Labute approximate surface area is 212 Å². The van der Waals surface area contributed by atoms with E-state index >= 15 is 0 Å². The van der Waals surface area contributed by atoms with Crippen molar-refractivity contribution in [1.82, 2.24) is 20.1 Å². The van der Waals surface area contributed by atoms with Crippen molar-refractivity contribution in [3.63, 3.8) is 0 Å². The summed E-state index contributed by atoms with van der Waals surface area (Å²) in [5.74, 6) is 0.511. The Bertz CT molecular complexity index is 1300. The minimum absolute atomic E-state index is 0.128. The van der Waals surface area contributed by atoms with Crippen molar-refractivity contribution in [3.8, 4) is 5.69 Å². The van der Waals surface area contributed by atoms with E-state index in [0.717, 1.165) is 5.56 Å². The second-order valence-electron chi connectivity index (χ2n) is 6.91. The molecule has 5 nitrogen and oxygen atoms in total. The van der Waals surface area contributed by atoms with E-state index in [1.54, 1.807) is 53.1 Å². The van der Waals surface area contributed by atoms with Crippen molar-refractivity contribution >= 4 is 56.8 Å². The first-order valence-electron chi connectivity index (χ1n) is 9.72. The van der Waals surface area contributed by atoms with Crippen LogP contribution in [-0.2, 0) is 12.3 Å². The molecule has 0 aliphatic carbocycles. The minimum atomic E-state index is -0.289. The molecule has 1 amide bonds. The van der Waals surface area contributed by atoms with Crippen LogP contribution in [0.5, 0.6) is 0 Å². The molecule has 0 spiro atoms. The number of benzene rings is 3. The molecule has 0 atom stereocenters. The molecule has 3 aromatic carbocycles. The summed E-state index contributed by atoms with van der Waals surface area (Å²) in [4.78, 5) is 12.7. The van der Waals surface area contributed by atoms with E-state index < -0.39 is 0 Å². The monoisotopic (exact) mass is 564 g/mol. The van der Waals surface area contributed by atoms with Crippen LogP contribution in [0.25, 0.3) is 5.69 Å². The van der Waals surface area contributed by atoms with E-state index in [4.69, 9.17) is 23.2 Å². The van der Waals surface area contributed by atoms with E-state index in [1.165, 1.54) is 23.9 Å². The van der Waals surface area contributed by atoms with Gasteiger partial charge in [0, 0.05) is 15.2 Å². The van der Waals surface area contributed by atoms with Crippen molar-refractivity contribution in [2.75, 3.05) is 0 Å². The summed E-state index contributed by atoms with van der Waals surface area (Å²) in [5, 5.41) is 13.0. The second-order valence-corrected chi connectivity index (χ2v) is 9.55. The molecule has 10 heteroatoms. The molecular formula is C23H16BrCl2FN4OS. The van der Waals surface area contributed by atoms with E-state index in [9.17, 15) is 9.18 Å². The molecule has 33 heavy (non-hydrogen) atoms. The fraction of sp³-hybridized carbons (Fsp3) is 0.0870. The average Bonchev–Trinajstić information content (AvgIpc) is 3.20. The van der Waals surface area contributed by atoms with Crippen molar-refractivity contribution in [1.29, 1.82) is 0 Å². The van der Waals surface area contributed by atoms with Crippen LogP contribution in [0, 0.1) is 5.82 Å². The predicted octanol–water partition coefficient (Wildman–Crippen LogP) is 6.70. The molecule has 4 aromatic rings. The summed E-state index contributed by atoms with van der Waals surface area (Å²) in [6, 6.07) is 18.6. The van der Waals surface area contributed by atoms with Gasteiger partial charge in [0.05, 0.1) is 22.8 Å². The number of nitrogens with zero attached hydrogens (tertiary/aromatic N) is 3. The number of hydrogen-bond donors (Lipinski definition) is 1. The summed E-state index contributed by atoms with van der Waals surface area (Å²) in [5.41, 5.74) is 2.08. The van der Waals surface area contributed by atoms with Gasteiger partial charge in [-0.15, -0.1) is 10.2 Å². The van der Waals surface area contributed by atoms with Crippen molar-refractivity contribution in [2.24, 2.45) is 0 Å². The predicted molar refractivity (Wildman–Crippen MR) is 133 cm³/mol. The number of rotatable bonds is 7. The van der Waals surface area contributed by atoms with Crippen LogP contribution in [0.3, 0.4) is 0 Å². The number of carbonyl (C=O) groups is 1. The maximum atomic E-state index is 13.2. The number of carbonyl (C=O) groups excluding carboxylic acids is 1. The molecule has 1 heterocycles. The number of nitrogens with one attached hydrogen (secondary N) is 1. The first-order valence-corrected chi connectivity index (χ1v) is 12.3. The lowest BCUT2D eigenvalue weighted by Gasteiger charge is -2.13. The van der Waals surface area contributed by atoms with E-state index in [0.29, 0.717) is 42.5 Å². The molecular weight excluding hydrogens is 550 g/mol. The molecule has 0 aliphatic heterocycles. The molecule has 0 aliphatic rings. The van der Waals surface area contributed by atoms with Crippen molar-refractivity contribution < 1.29 is 9.18 Å². The van der Waals surface area contributed by atoms with E-state index in [2.05, 4.69) is 31.4 Å². The quantitative estimate of drug-likeness (QED) is 0.253. The van der Waals surface area contributed by atoms with Gasteiger partial charge in [0.1, 0.15) is 5.82 Å². The Morgan fingerprint density at radius 1 is 1.06 bits per heavy atom. The maximum absolute atomic E-state index is 13.2. The fourth-order valence-electron chi connectivity index (χ4n) is 3.04. The first kappa shape index (κ1) is 23.8. The number of hydrogen-bond acceptors (Lipinski definition) is 4. The van der Waals surface area contributed by atoms with Gasteiger partial charge in [-0.2, -0.15) is 0 Å². The number of aromatic nitrogens is 3. The van der Waals surface area contributed by atoms with Crippen molar-refractivity contribution in [3.05, 3.63) is 104 Å². The second kappa shape index (κ2) is 10.7. The van der Waals surface area contributed by atoms with Gasteiger partial charge in [-0.1, -0.05) is 59.2 Å². The van der Waals surface area contributed by atoms with Crippen LogP contribution in [0.2, 0.25) is 10.0 Å². The summed E-state index contributed by atoms with van der Waals surface area (Å²) in [6.07, 6.45) is 0. The lowest BCUT2D eigenvalue weighted by atomic mass is 10.2. The zero-order chi connectivity index (χ0) is 23.4. The Hall–Kier alpha value is -2.39. The summed E-state index contributed by atoms with van der Waals surface area (Å²) in [6.45, 7) is 0.128. The third kappa shape index (κ3) is 5.76. The Morgan fingerprint density at radius 2 is 1.82 bits per heavy atom. The number of amides is 1. The maximum Gasteiger partial charge on any atom is 0.252 e. The van der Waals surface area contributed by atoms with Crippen molar-refractivity contribution in [2.45, 2.75) is 17.5 Å². The van der Waals surface area contributed by atoms with Gasteiger partial charge in [0.2, 0.25) is 0 Å². The van der Waals surface area contributed by atoms with Crippen LogP contribution in [0.4, 0.5) is 4.39 Å². The summed E-state index contributed by atoms with van der Waals surface area (Å²) < 4.78 is 15.7. The lowest BCUT2D eigenvalue weighted by molar-refractivity contribution is 0.0949. The molecule has 4 rings (SSSR count). The lowest BCUT2D eigenvalue weighted by Crippen LogP contribution is -2.25. The van der Waals surface area contributed by atoms with Crippen LogP contribution in [0.1, 0.15) is 21.7 Å². The van der Waals surface area contributed by atoms with Crippen LogP contribution >= 0.6 is 50.9 Å². The number of thioether (sulfide) groups is 1.